The van der Waals surface area contributed by atoms with Crippen LogP contribution in [0.25, 0.3) is 32.8 Å². The topological polar surface area (TPSA) is 56.6 Å². The smallest absolute Gasteiger partial charge is 0.199 e. The summed E-state index contributed by atoms with van der Waals surface area (Å²) in [6.07, 6.45) is 3.88. The molecule has 2 atom stereocenters. The van der Waals surface area contributed by atoms with E-state index in [0.29, 0.717) is 16.5 Å². The third-order valence-electron chi connectivity index (χ3n) is 7.39. The minimum Gasteiger partial charge on any atom is -0.497 e. The first-order valence-corrected chi connectivity index (χ1v) is 10.9. The fourth-order valence-electron chi connectivity index (χ4n) is 5.99. The van der Waals surface area contributed by atoms with Gasteiger partial charge in [-0.25, -0.2) is 4.98 Å². The van der Waals surface area contributed by atoms with Crippen LogP contribution < -0.4 is 14.9 Å². The van der Waals surface area contributed by atoms with Crippen LogP contribution in [-0.4, -0.2) is 42.3 Å². The highest BCUT2D eigenvalue weighted by atomic mass is 16.5. The zero-order valence-corrected chi connectivity index (χ0v) is 18.5. The third kappa shape index (κ3) is 2.28. The van der Waals surface area contributed by atoms with Crippen molar-refractivity contribution in [2.45, 2.75) is 24.4 Å². The van der Waals surface area contributed by atoms with Crippen LogP contribution in [0.4, 0.5) is 0 Å². The van der Waals surface area contributed by atoms with Gasteiger partial charge in [0.15, 0.2) is 5.43 Å². The molecule has 0 radical (unpaired) electrons. The van der Waals surface area contributed by atoms with E-state index in [4.69, 9.17) is 14.5 Å². The molecule has 0 spiro atoms. The summed E-state index contributed by atoms with van der Waals surface area (Å²) in [5, 5.41) is 2.19. The Kier molecular flexibility index (Phi) is 3.96. The maximum absolute atomic E-state index is 13.8. The highest BCUT2D eigenvalue weighted by Gasteiger charge is 2.53. The number of fused-ring (bicyclic) bond motifs is 6. The Balaban J connectivity index is 1.82. The standard InChI is InChI=1S/C26H25N3O3/c1-5-8-26-9-10-28(2)25(26)29-22-18(13-17(32-4)14-20(22)26)23(30)19-12-15-11-16(31-3)6-7-21(15)27-24(19)29/h5-7,11-14,25H,1,8-10H2,2-4H3/t25-,26+/m1/s1. The van der Waals surface area contributed by atoms with Gasteiger partial charge in [-0.2, -0.15) is 0 Å². The van der Waals surface area contributed by atoms with Crippen LogP contribution in [0, 0.1) is 0 Å². The van der Waals surface area contributed by atoms with E-state index in [2.05, 4.69) is 29.2 Å². The minimum absolute atomic E-state index is 0.0139. The average molecular weight is 428 g/mol. The van der Waals surface area contributed by atoms with Crippen molar-refractivity contribution in [1.82, 2.24) is 14.5 Å². The summed E-state index contributed by atoms with van der Waals surface area (Å²) >= 11 is 0. The lowest BCUT2D eigenvalue weighted by Crippen LogP contribution is -2.33. The quantitative estimate of drug-likeness (QED) is 0.357. The maximum Gasteiger partial charge on any atom is 0.199 e. The highest BCUT2D eigenvalue weighted by Crippen LogP contribution is 2.56. The summed E-state index contributed by atoms with van der Waals surface area (Å²) in [6, 6.07) is 11.7. The summed E-state index contributed by atoms with van der Waals surface area (Å²) in [7, 11) is 5.45. The van der Waals surface area contributed by atoms with E-state index in [1.165, 1.54) is 0 Å². The fraction of sp³-hybridized carbons (Fsp3) is 0.308. The molecular weight excluding hydrogens is 402 g/mol. The number of nitrogens with zero attached hydrogens (tertiary/aromatic N) is 3. The molecule has 2 aromatic carbocycles. The molecule has 162 valence electrons. The van der Waals surface area contributed by atoms with Crippen LogP contribution in [0.1, 0.15) is 24.6 Å². The Morgan fingerprint density at radius 1 is 1.16 bits per heavy atom. The molecule has 2 aromatic heterocycles. The van der Waals surface area contributed by atoms with E-state index in [1.807, 2.05) is 36.4 Å². The molecule has 1 saturated heterocycles. The molecule has 0 N–H and O–H groups in total. The molecule has 0 unspecified atom stereocenters. The lowest BCUT2D eigenvalue weighted by molar-refractivity contribution is 0.192. The van der Waals surface area contributed by atoms with E-state index in [1.54, 1.807) is 14.2 Å². The molecular formula is C26H25N3O3. The average Bonchev–Trinajstić information content (AvgIpc) is 3.29. The number of ether oxygens (including phenoxy) is 2. The highest BCUT2D eigenvalue weighted by molar-refractivity contribution is 6.00. The number of aromatic nitrogens is 2. The number of allylic oxidation sites excluding steroid dienone is 1. The summed E-state index contributed by atoms with van der Waals surface area (Å²) < 4.78 is 13.3. The largest absolute Gasteiger partial charge is 0.497 e. The van der Waals surface area contributed by atoms with Crippen molar-refractivity contribution < 1.29 is 9.47 Å². The van der Waals surface area contributed by atoms with E-state index < -0.39 is 0 Å². The number of likely N-dealkylation sites (N-methyl/N-ethyl adjacent to an activating group) is 1. The second kappa shape index (κ2) is 6.56. The van der Waals surface area contributed by atoms with E-state index in [-0.39, 0.29) is 17.0 Å². The number of benzene rings is 2. The van der Waals surface area contributed by atoms with Gasteiger partial charge >= 0.3 is 0 Å². The first kappa shape index (κ1) is 19.3. The van der Waals surface area contributed by atoms with Gasteiger partial charge in [-0.3, -0.25) is 9.69 Å². The summed E-state index contributed by atoms with van der Waals surface area (Å²) in [5.74, 6) is 1.46. The van der Waals surface area contributed by atoms with Gasteiger partial charge in [0.25, 0.3) is 0 Å². The predicted molar refractivity (Wildman–Crippen MR) is 127 cm³/mol. The molecule has 0 aliphatic carbocycles. The van der Waals surface area contributed by atoms with Crippen molar-refractivity contribution in [3.63, 3.8) is 0 Å². The number of methoxy groups -OCH3 is 2. The van der Waals surface area contributed by atoms with Gasteiger partial charge in [-0.05, 0) is 61.9 Å². The normalized spacial score (nSPS) is 22.0. The monoisotopic (exact) mass is 427 g/mol. The van der Waals surface area contributed by atoms with E-state index >= 15 is 0 Å². The Hall–Kier alpha value is -3.38. The molecule has 2 aliphatic rings. The zero-order valence-electron chi connectivity index (χ0n) is 18.5. The van der Waals surface area contributed by atoms with Crippen LogP contribution >= 0.6 is 0 Å². The Bertz CT molecular complexity index is 1510. The van der Waals surface area contributed by atoms with Crippen molar-refractivity contribution in [2.75, 3.05) is 27.8 Å². The van der Waals surface area contributed by atoms with Crippen LogP contribution in [0.3, 0.4) is 0 Å². The van der Waals surface area contributed by atoms with Crippen molar-refractivity contribution in [2.24, 2.45) is 0 Å². The molecule has 1 fully saturated rings. The number of hydrogen-bond acceptors (Lipinski definition) is 5. The number of likely N-dealkylation sites (tertiary alicyclic amines) is 1. The predicted octanol–water partition coefficient (Wildman–Crippen LogP) is 4.38. The molecule has 6 heteroatoms. The lowest BCUT2D eigenvalue weighted by atomic mass is 9.76. The van der Waals surface area contributed by atoms with Crippen molar-refractivity contribution in [3.05, 3.63) is 64.8 Å². The van der Waals surface area contributed by atoms with E-state index in [0.717, 1.165) is 52.8 Å². The molecule has 4 aromatic rings. The van der Waals surface area contributed by atoms with Crippen LogP contribution in [0.2, 0.25) is 0 Å². The number of pyridine rings is 2. The summed E-state index contributed by atoms with van der Waals surface area (Å²) in [5.41, 5.74) is 3.54. The van der Waals surface area contributed by atoms with Gasteiger partial charge in [0.05, 0.1) is 42.2 Å². The molecule has 2 aliphatic heterocycles. The van der Waals surface area contributed by atoms with Gasteiger partial charge in [-0.15, -0.1) is 6.58 Å². The van der Waals surface area contributed by atoms with Gasteiger partial charge in [0.1, 0.15) is 17.1 Å². The lowest BCUT2D eigenvalue weighted by Gasteiger charge is -2.32. The van der Waals surface area contributed by atoms with Crippen LogP contribution in [0.15, 0.2) is 53.8 Å². The first-order valence-electron chi connectivity index (χ1n) is 10.9. The van der Waals surface area contributed by atoms with Gasteiger partial charge in [0, 0.05) is 17.3 Å². The molecule has 4 heterocycles. The van der Waals surface area contributed by atoms with Crippen molar-refractivity contribution in [3.8, 4) is 11.5 Å². The molecule has 32 heavy (non-hydrogen) atoms. The summed E-state index contributed by atoms with van der Waals surface area (Å²) in [4.78, 5) is 21.2. The van der Waals surface area contributed by atoms with Gasteiger partial charge in [-0.1, -0.05) is 6.08 Å². The maximum atomic E-state index is 13.8. The van der Waals surface area contributed by atoms with Crippen LogP contribution in [-0.2, 0) is 5.41 Å². The Morgan fingerprint density at radius 3 is 2.72 bits per heavy atom. The van der Waals surface area contributed by atoms with E-state index in [9.17, 15) is 4.79 Å². The second-order valence-corrected chi connectivity index (χ2v) is 8.94. The molecule has 0 amide bonds. The fourth-order valence-corrected chi connectivity index (χ4v) is 5.99. The third-order valence-corrected chi connectivity index (χ3v) is 7.39. The molecule has 6 rings (SSSR count). The second-order valence-electron chi connectivity index (χ2n) is 8.94. The number of rotatable bonds is 4. The molecule has 6 nitrogen and oxygen atoms in total. The Morgan fingerprint density at radius 2 is 1.97 bits per heavy atom. The van der Waals surface area contributed by atoms with Crippen LogP contribution in [0.5, 0.6) is 11.5 Å². The number of hydrogen-bond donors (Lipinski definition) is 0. The molecule has 0 saturated carbocycles. The molecule has 0 bridgehead atoms. The van der Waals surface area contributed by atoms with Crippen molar-refractivity contribution >= 4 is 32.8 Å². The Labute approximate surface area is 185 Å². The van der Waals surface area contributed by atoms with Gasteiger partial charge < -0.3 is 14.0 Å². The van der Waals surface area contributed by atoms with Crippen molar-refractivity contribution in [1.29, 1.82) is 0 Å². The first-order chi connectivity index (χ1) is 15.5. The summed E-state index contributed by atoms with van der Waals surface area (Å²) in [6.45, 7) is 5.03. The SMILES string of the molecule is C=CC[C@@]12CCN(C)[C@@H]1n1c3nc4ccc(OC)cc4cc3c(=O)c3cc(OC)cc2c31. The van der Waals surface area contributed by atoms with Gasteiger partial charge in [0.2, 0.25) is 0 Å². The zero-order chi connectivity index (χ0) is 22.2. The minimum atomic E-state index is -0.159.